The fraction of sp³-hybridized carbons (Fsp3) is 0.647. The number of halogens is 3. The third-order valence-electron chi connectivity index (χ3n) is 5.01. The molecule has 2 aliphatic heterocycles. The normalized spacial score (nSPS) is 23.7. The molecule has 1 aromatic rings. The number of hydrogen-bond acceptors (Lipinski definition) is 4. The number of carbonyl (C=O) groups excluding carboxylic acids is 1. The van der Waals surface area contributed by atoms with Crippen molar-refractivity contribution in [3.63, 3.8) is 0 Å². The number of anilines is 1. The van der Waals surface area contributed by atoms with Gasteiger partial charge in [-0.25, -0.2) is 4.98 Å². The average molecular weight is 356 g/mol. The lowest BCUT2D eigenvalue weighted by molar-refractivity contribution is -0.141. The van der Waals surface area contributed by atoms with Crippen LogP contribution in [0.1, 0.15) is 19.0 Å². The molecule has 2 unspecified atom stereocenters. The first kappa shape index (κ1) is 18.1. The first-order valence-electron chi connectivity index (χ1n) is 8.66. The Bertz CT molecular complexity index is 610. The Hall–Kier alpha value is -1.67. The van der Waals surface area contributed by atoms with Crippen LogP contribution in [0.15, 0.2) is 18.2 Å². The average Bonchev–Trinajstić information content (AvgIpc) is 3.15. The minimum absolute atomic E-state index is 0.0720. The predicted octanol–water partition coefficient (Wildman–Crippen LogP) is 1.99. The van der Waals surface area contributed by atoms with Gasteiger partial charge in [-0.1, -0.05) is 13.0 Å². The van der Waals surface area contributed by atoms with Gasteiger partial charge in [-0.05, 0) is 37.1 Å². The van der Waals surface area contributed by atoms with Crippen LogP contribution in [0.2, 0.25) is 0 Å². The molecule has 2 atom stereocenters. The molecular weight excluding hydrogens is 333 g/mol. The highest BCUT2D eigenvalue weighted by Gasteiger charge is 2.36. The smallest absolute Gasteiger partial charge is 0.316 e. The number of rotatable bonds is 5. The van der Waals surface area contributed by atoms with Crippen LogP contribution in [0.5, 0.6) is 0 Å². The van der Waals surface area contributed by atoms with Gasteiger partial charge < -0.3 is 10.2 Å². The van der Waals surface area contributed by atoms with E-state index in [-0.39, 0.29) is 18.1 Å². The standard InChI is InChI=1S/C17H23F3N4O/c1-2-16(25)24(15-5-3-4-14(22-15)17(18,19)20)7-6-23-10-12-8-21-9-13(12)11-23/h3-5,12-13,21H,2,6-11H2,1H3. The third-order valence-corrected chi connectivity index (χ3v) is 5.01. The summed E-state index contributed by atoms with van der Waals surface area (Å²) >= 11 is 0. The Morgan fingerprint density at radius 1 is 1.32 bits per heavy atom. The Morgan fingerprint density at radius 2 is 2.00 bits per heavy atom. The van der Waals surface area contributed by atoms with Crippen molar-refractivity contribution in [2.45, 2.75) is 19.5 Å². The summed E-state index contributed by atoms with van der Waals surface area (Å²) in [6.07, 6.45) is -4.29. The number of nitrogens with one attached hydrogen (secondary N) is 1. The van der Waals surface area contributed by atoms with Crippen molar-refractivity contribution in [1.82, 2.24) is 15.2 Å². The zero-order valence-electron chi connectivity index (χ0n) is 14.2. The molecule has 2 aliphatic rings. The second kappa shape index (κ2) is 7.29. The van der Waals surface area contributed by atoms with Crippen molar-refractivity contribution in [3.8, 4) is 0 Å². The van der Waals surface area contributed by atoms with Crippen LogP contribution in [-0.2, 0) is 11.0 Å². The van der Waals surface area contributed by atoms with Crippen molar-refractivity contribution in [2.24, 2.45) is 11.8 Å². The number of likely N-dealkylation sites (tertiary alicyclic amines) is 1. The van der Waals surface area contributed by atoms with E-state index in [1.807, 2.05) is 0 Å². The minimum atomic E-state index is -4.52. The molecule has 5 nitrogen and oxygen atoms in total. The first-order valence-corrected chi connectivity index (χ1v) is 8.66. The Morgan fingerprint density at radius 3 is 2.60 bits per heavy atom. The summed E-state index contributed by atoms with van der Waals surface area (Å²) in [5.74, 6) is 1.14. The van der Waals surface area contributed by atoms with Gasteiger partial charge in [-0.2, -0.15) is 13.2 Å². The van der Waals surface area contributed by atoms with E-state index in [0.29, 0.717) is 24.9 Å². The number of amides is 1. The van der Waals surface area contributed by atoms with E-state index in [0.717, 1.165) is 32.2 Å². The second-order valence-corrected chi connectivity index (χ2v) is 6.72. The highest BCUT2D eigenvalue weighted by molar-refractivity contribution is 5.92. The number of fused-ring (bicyclic) bond motifs is 1. The maximum Gasteiger partial charge on any atom is 0.433 e. The molecule has 2 saturated heterocycles. The quantitative estimate of drug-likeness (QED) is 0.877. The molecule has 138 valence electrons. The monoisotopic (exact) mass is 356 g/mol. The summed E-state index contributed by atoms with van der Waals surface area (Å²) in [5.41, 5.74) is -0.972. The van der Waals surface area contributed by atoms with Crippen molar-refractivity contribution in [3.05, 3.63) is 23.9 Å². The molecule has 3 rings (SSSR count). The maximum atomic E-state index is 12.9. The van der Waals surface area contributed by atoms with E-state index in [1.54, 1.807) is 6.92 Å². The van der Waals surface area contributed by atoms with Gasteiger partial charge in [0.05, 0.1) is 0 Å². The second-order valence-electron chi connectivity index (χ2n) is 6.72. The molecule has 25 heavy (non-hydrogen) atoms. The van der Waals surface area contributed by atoms with Crippen molar-refractivity contribution >= 4 is 11.7 Å². The number of pyridine rings is 1. The summed E-state index contributed by atoms with van der Waals surface area (Å²) in [5, 5.41) is 3.38. The lowest BCUT2D eigenvalue weighted by atomic mass is 10.0. The van der Waals surface area contributed by atoms with Crippen LogP contribution in [0, 0.1) is 11.8 Å². The SMILES string of the molecule is CCC(=O)N(CCN1CC2CNCC2C1)c1cccc(C(F)(F)F)n1. The molecule has 8 heteroatoms. The fourth-order valence-corrected chi connectivity index (χ4v) is 3.67. The molecule has 2 fully saturated rings. The van der Waals surface area contributed by atoms with E-state index in [1.165, 1.54) is 17.0 Å². The Balaban J connectivity index is 1.69. The number of hydrogen-bond donors (Lipinski definition) is 1. The topological polar surface area (TPSA) is 48.5 Å². The van der Waals surface area contributed by atoms with Crippen molar-refractivity contribution in [1.29, 1.82) is 0 Å². The van der Waals surface area contributed by atoms with Crippen LogP contribution >= 0.6 is 0 Å². The zero-order chi connectivity index (χ0) is 18.0. The van der Waals surface area contributed by atoms with E-state index < -0.39 is 11.9 Å². The highest BCUT2D eigenvalue weighted by Crippen LogP contribution is 2.29. The first-order chi connectivity index (χ1) is 11.9. The number of carbonyl (C=O) groups is 1. The Kier molecular flexibility index (Phi) is 5.29. The number of aromatic nitrogens is 1. The summed E-state index contributed by atoms with van der Waals surface area (Å²) in [6, 6.07) is 3.69. The van der Waals surface area contributed by atoms with Gasteiger partial charge in [0.2, 0.25) is 5.91 Å². The highest BCUT2D eigenvalue weighted by atomic mass is 19.4. The maximum absolute atomic E-state index is 12.9. The number of nitrogens with zero attached hydrogens (tertiary/aromatic N) is 3. The van der Waals surface area contributed by atoms with Crippen molar-refractivity contribution in [2.75, 3.05) is 44.2 Å². The van der Waals surface area contributed by atoms with E-state index in [9.17, 15) is 18.0 Å². The van der Waals surface area contributed by atoms with Gasteiger partial charge in [0.25, 0.3) is 0 Å². The predicted molar refractivity (Wildman–Crippen MR) is 88.2 cm³/mol. The largest absolute Gasteiger partial charge is 0.433 e. The van der Waals surface area contributed by atoms with Gasteiger partial charge in [-0.3, -0.25) is 9.69 Å². The molecular formula is C17H23F3N4O. The molecule has 0 spiro atoms. The molecule has 1 N–H and O–H groups in total. The molecule has 1 amide bonds. The van der Waals surface area contributed by atoms with Gasteiger partial charge in [0.1, 0.15) is 11.5 Å². The lowest BCUT2D eigenvalue weighted by Gasteiger charge is -2.25. The minimum Gasteiger partial charge on any atom is -0.316 e. The van der Waals surface area contributed by atoms with Crippen LogP contribution < -0.4 is 10.2 Å². The molecule has 0 saturated carbocycles. The summed E-state index contributed by atoms with van der Waals surface area (Å²) in [7, 11) is 0. The molecule has 1 aromatic heterocycles. The van der Waals surface area contributed by atoms with Gasteiger partial charge >= 0.3 is 6.18 Å². The molecule has 0 aromatic carbocycles. The number of alkyl halides is 3. The molecule has 0 radical (unpaired) electrons. The fourth-order valence-electron chi connectivity index (χ4n) is 3.67. The van der Waals surface area contributed by atoms with Crippen LogP contribution in [-0.4, -0.2) is 55.1 Å². The summed E-state index contributed by atoms with van der Waals surface area (Å²) in [4.78, 5) is 19.6. The van der Waals surface area contributed by atoms with Crippen LogP contribution in [0.25, 0.3) is 0 Å². The summed E-state index contributed by atoms with van der Waals surface area (Å²) in [6.45, 7) is 6.70. The lowest BCUT2D eigenvalue weighted by Crippen LogP contribution is -2.39. The van der Waals surface area contributed by atoms with E-state index in [2.05, 4.69) is 15.2 Å². The molecule has 0 aliphatic carbocycles. The summed E-state index contributed by atoms with van der Waals surface area (Å²) < 4.78 is 38.7. The van der Waals surface area contributed by atoms with Gasteiger partial charge in [0, 0.05) is 32.6 Å². The molecule has 0 bridgehead atoms. The van der Waals surface area contributed by atoms with Gasteiger partial charge in [-0.15, -0.1) is 0 Å². The van der Waals surface area contributed by atoms with Crippen LogP contribution in [0.3, 0.4) is 0 Å². The van der Waals surface area contributed by atoms with E-state index in [4.69, 9.17) is 0 Å². The van der Waals surface area contributed by atoms with Gasteiger partial charge in [0.15, 0.2) is 0 Å². The zero-order valence-corrected chi connectivity index (χ0v) is 14.2. The van der Waals surface area contributed by atoms with Crippen LogP contribution in [0.4, 0.5) is 19.0 Å². The third kappa shape index (κ3) is 4.12. The Labute approximate surface area is 145 Å². The molecule has 3 heterocycles. The van der Waals surface area contributed by atoms with E-state index >= 15 is 0 Å². The van der Waals surface area contributed by atoms with Crippen molar-refractivity contribution < 1.29 is 18.0 Å².